The normalized spacial score (nSPS) is 22.3. The van der Waals surface area contributed by atoms with E-state index in [-0.39, 0.29) is 17.9 Å². The number of benzene rings is 2. The molecule has 6 heteroatoms. The smallest absolute Gasteiger partial charge is 0.325 e. The average molecular weight is 391 g/mol. The van der Waals surface area contributed by atoms with Crippen LogP contribution < -0.4 is 10.6 Å². The Bertz CT molecular complexity index is 947. The van der Waals surface area contributed by atoms with Crippen molar-refractivity contribution >= 4 is 17.8 Å². The van der Waals surface area contributed by atoms with Crippen LogP contribution in [0.15, 0.2) is 54.6 Å². The third-order valence-corrected chi connectivity index (χ3v) is 5.99. The Balaban J connectivity index is 1.38. The number of nitrogens with zero attached hydrogens (tertiary/aromatic N) is 1. The Morgan fingerprint density at radius 2 is 1.59 bits per heavy atom. The van der Waals surface area contributed by atoms with Gasteiger partial charge >= 0.3 is 6.03 Å². The van der Waals surface area contributed by atoms with Crippen LogP contribution >= 0.6 is 0 Å². The predicted molar refractivity (Wildman–Crippen MR) is 109 cm³/mol. The van der Waals surface area contributed by atoms with E-state index in [1.54, 1.807) is 19.1 Å². The molecule has 1 saturated heterocycles. The Morgan fingerprint density at radius 1 is 1.00 bits per heavy atom. The van der Waals surface area contributed by atoms with E-state index in [2.05, 4.69) is 29.7 Å². The fourth-order valence-electron chi connectivity index (χ4n) is 4.33. The number of hydrogen-bond acceptors (Lipinski definition) is 3. The molecule has 1 fully saturated rings. The van der Waals surface area contributed by atoms with Crippen molar-refractivity contribution in [1.29, 1.82) is 0 Å². The van der Waals surface area contributed by atoms with Crippen LogP contribution in [0.5, 0.6) is 0 Å². The topological polar surface area (TPSA) is 78.5 Å². The van der Waals surface area contributed by atoms with E-state index in [1.165, 1.54) is 11.1 Å². The number of fused-ring (bicyclic) bond motifs is 1. The second kappa shape index (κ2) is 7.03. The zero-order valence-electron chi connectivity index (χ0n) is 16.7. The first-order valence-corrected chi connectivity index (χ1v) is 9.84. The summed E-state index contributed by atoms with van der Waals surface area (Å²) in [7, 11) is 0. The van der Waals surface area contributed by atoms with Gasteiger partial charge in [0.25, 0.3) is 5.91 Å². The van der Waals surface area contributed by atoms with E-state index in [0.29, 0.717) is 12.1 Å². The molecule has 1 aliphatic carbocycles. The van der Waals surface area contributed by atoms with Crippen molar-refractivity contribution in [2.45, 2.75) is 32.2 Å². The summed E-state index contributed by atoms with van der Waals surface area (Å²) in [4.78, 5) is 38.8. The van der Waals surface area contributed by atoms with E-state index in [1.807, 2.05) is 30.3 Å². The first-order valence-electron chi connectivity index (χ1n) is 9.84. The third-order valence-electron chi connectivity index (χ3n) is 5.99. The molecule has 1 unspecified atom stereocenters. The Labute approximate surface area is 170 Å². The standard InChI is InChI=1S/C23H25N3O3/c1-22(12-16-8-6-7-9-17(16)13-22)15-24-19(27)14-26-20(28)23(2,25-21(26)29)18-10-4-3-5-11-18/h3-11H,12-15H2,1-2H3,(H,24,27)(H,25,29). The van der Waals surface area contributed by atoms with Crippen LogP contribution in [-0.2, 0) is 28.0 Å². The van der Waals surface area contributed by atoms with Gasteiger partial charge in [0.2, 0.25) is 5.91 Å². The number of carbonyl (C=O) groups is 3. The van der Waals surface area contributed by atoms with Gasteiger partial charge in [0.1, 0.15) is 12.1 Å². The van der Waals surface area contributed by atoms with Crippen molar-refractivity contribution in [2.24, 2.45) is 5.41 Å². The van der Waals surface area contributed by atoms with E-state index < -0.39 is 17.5 Å². The summed E-state index contributed by atoms with van der Waals surface area (Å²) >= 11 is 0. The minimum Gasteiger partial charge on any atom is -0.354 e. The first-order chi connectivity index (χ1) is 13.8. The van der Waals surface area contributed by atoms with Gasteiger partial charge in [-0.1, -0.05) is 61.5 Å². The lowest BCUT2D eigenvalue weighted by atomic mass is 9.87. The molecule has 2 aromatic carbocycles. The van der Waals surface area contributed by atoms with Crippen molar-refractivity contribution in [3.05, 3.63) is 71.3 Å². The molecule has 6 nitrogen and oxygen atoms in total. The van der Waals surface area contributed by atoms with Crippen LogP contribution in [0.2, 0.25) is 0 Å². The summed E-state index contributed by atoms with van der Waals surface area (Å²) in [6, 6.07) is 16.8. The third kappa shape index (κ3) is 3.50. The number of imide groups is 1. The number of nitrogens with one attached hydrogen (secondary N) is 2. The minimum absolute atomic E-state index is 0.0603. The number of hydrogen-bond donors (Lipinski definition) is 2. The van der Waals surface area contributed by atoms with Crippen molar-refractivity contribution in [2.75, 3.05) is 13.1 Å². The molecule has 0 spiro atoms. The molecule has 2 N–H and O–H groups in total. The molecular formula is C23H25N3O3. The van der Waals surface area contributed by atoms with Crippen LogP contribution in [-0.4, -0.2) is 35.8 Å². The van der Waals surface area contributed by atoms with Gasteiger partial charge < -0.3 is 10.6 Å². The fourth-order valence-corrected chi connectivity index (χ4v) is 4.33. The summed E-state index contributed by atoms with van der Waals surface area (Å²) in [6.45, 7) is 4.03. The van der Waals surface area contributed by atoms with Gasteiger partial charge in [-0.05, 0) is 41.9 Å². The lowest BCUT2D eigenvalue weighted by Crippen LogP contribution is -2.45. The van der Waals surface area contributed by atoms with Gasteiger partial charge in [0, 0.05) is 6.54 Å². The second-order valence-electron chi connectivity index (χ2n) is 8.52. The molecule has 0 radical (unpaired) electrons. The molecule has 0 bridgehead atoms. The SMILES string of the molecule is CC1(CNC(=O)CN2C(=O)NC(C)(c3ccccc3)C2=O)Cc2ccccc2C1. The molecule has 29 heavy (non-hydrogen) atoms. The zero-order chi connectivity index (χ0) is 20.6. The number of carbonyl (C=O) groups excluding carboxylic acids is 3. The number of amides is 4. The summed E-state index contributed by atoms with van der Waals surface area (Å²) in [6.07, 6.45) is 1.80. The summed E-state index contributed by atoms with van der Waals surface area (Å²) in [5.74, 6) is -0.744. The molecule has 0 saturated carbocycles. The Kier molecular flexibility index (Phi) is 4.65. The molecule has 0 aromatic heterocycles. The van der Waals surface area contributed by atoms with E-state index >= 15 is 0 Å². The highest BCUT2D eigenvalue weighted by atomic mass is 16.2. The summed E-state index contributed by atoms with van der Waals surface area (Å²) in [5.41, 5.74) is 2.11. The van der Waals surface area contributed by atoms with Gasteiger partial charge in [-0.15, -0.1) is 0 Å². The Morgan fingerprint density at radius 3 is 2.21 bits per heavy atom. The van der Waals surface area contributed by atoms with Crippen molar-refractivity contribution in [3.8, 4) is 0 Å². The quantitative estimate of drug-likeness (QED) is 0.768. The van der Waals surface area contributed by atoms with Crippen LogP contribution in [0.1, 0.15) is 30.5 Å². The summed E-state index contributed by atoms with van der Waals surface area (Å²) in [5, 5.41) is 5.65. The van der Waals surface area contributed by atoms with Crippen LogP contribution in [0.25, 0.3) is 0 Å². The summed E-state index contributed by atoms with van der Waals surface area (Å²) < 4.78 is 0. The molecule has 1 aliphatic heterocycles. The van der Waals surface area contributed by atoms with Crippen LogP contribution in [0, 0.1) is 5.41 Å². The fraction of sp³-hybridized carbons (Fsp3) is 0.348. The van der Waals surface area contributed by atoms with E-state index in [4.69, 9.17) is 0 Å². The van der Waals surface area contributed by atoms with Crippen LogP contribution in [0.3, 0.4) is 0 Å². The largest absolute Gasteiger partial charge is 0.354 e. The number of rotatable bonds is 5. The van der Waals surface area contributed by atoms with Crippen molar-refractivity contribution in [3.63, 3.8) is 0 Å². The minimum atomic E-state index is -1.16. The van der Waals surface area contributed by atoms with Crippen molar-refractivity contribution < 1.29 is 14.4 Å². The second-order valence-corrected chi connectivity index (χ2v) is 8.52. The maximum absolute atomic E-state index is 12.9. The lowest BCUT2D eigenvalue weighted by Gasteiger charge is -2.25. The molecular weight excluding hydrogens is 366 g/mol. The molecule has 4 rings (SSSR count). The van der Waals surface area contributed by atoms with Gasteiger partial charge in [0.05, 0.1) is 0 Å². The molecule has 150 valence electrons. The maximum atomic E-state index is 12.9. The average Bonchev–Trinajstić information content (AvgIpc) is 3.16. The molecule has 1 heterocycles. The first kappa shape index (κ1) is 19.2. The maximum Gasteiger partial charge on any atom is 0.325 e. The highest BCUT2D eigenvalue weighted by Crippen LogP contribution is 2.36. The highest BCUT2D eigenvalue weighted by molar-refractivity contribution is 6.09. The Hall–Kier alpha value is -3.15. The molecule has 2 aromatic rings. The van der Waals surface area contributed by atoms with E-state index in [9.17, 15) is 14.4 Å². The predicted octanol–water partition coefficient (Wildman–Crippen LogP) is 2.37. The number of urea groups is 1. The van der Waals surface area contributed by atoms with Gasteiger partial charge in [0.15, 0.2) is 0 Å². The molecule has 2 aliphatic rings. The van der Waals surface area contributed by atoms with Gasteiger partial charge in [-0.25, -0.2) is 4.79 Å². The van der Waals surface area contributed by atoms with Crippen LogP contribution in [0.4, 0.5) is 4.79 Å². The van der Waals surface area contributed by atoms with Crippen molar-refractivity contribution in [1.82, 2.24) is 15.5 Å². The highest BCUT2D eigenvalue weighted by Gasteiger charge is 2.49. The lowest BCUT2D eigenvalue weighted by molar-refractivity contribution is -0.134. The van der Waals surface area contributed by atoms with E-state index in [0.717, 1.165) is 17.7 Å². The van der Waals surface area contributed by atoms with Gasteiger partial charge in [-0.3, -0.25) is 14.5 Å². The molecule has 4 amide bonds. The zero-order valence-corrected chi connectivity index (χ0v) is 16.7. The monoisotopic (exact) mass is 391 g/mol. The molecule has 1 atom stereocenters. The van der Waals surface area contributed by atoms with Gasteiger partial charge in [-0.2, -0.15) is 0 Å².